The molecule has 1 heterocycles. The van der Waals surface area contributed by atoms with Crippen molar-refractivity contribution in [1.29, 1.82) is 0 Å². The summed E-state index contributed by atoms with van der Waals surface area (Å²) in [6.45, 7) is 0.927. The Morgan fingerprint density at radius 3 is 2.75 bits per heavy atom. The number of nitrogens with zero attached hydrogens (tertiary/aromatic N) is 2. The quantitative estimate of drug-likeness (QED) is 0.836. The van der Waals surface area contributed by atoms with Gasteiger partial charge in [0.05, 0.1) is 6.10 Å². The number of nitrogens with one attached hydrogen (secondary N) is 1. The van der Waals surface area contributed by atoms with Crippen molar-refractivity contribution in [2.45, 2.75) is 31.8 Å². The first kappa shape index (κ1) is 11.8. The highest BCUT2D eigenvalue weighted by molar-refractivity contribution is 9.10. The Kier molecular flexibility index (Phi) is 4.12. The van der Waals surface area contributed by atoms with Crippen LogP contribution in [-0.2, 0) is 0 Å². The minimum atomic E-state index is -0.0792. The molecular formula is C11H16BrN3O. The molecule has 1 fully saturated rings. The molecule has 0 aromatic carbocycles. The van der Waals surface area contributed by atoms with E-state index in [-0.39, 0.29) is 6.10 Å². The summed E-state index contributed by atoms with van der Waals surface area (Å²) in [5.74, 6) is 1.50. The molecule has 1 aliphatic rings. The molecule has 0 spiro atoms. The number of aliphatic hydroxyl groups excluding tert-OH is 1. The number of aliphatic hydroxyl groups is 1. The van der Waals surface area contributed by atoms with Gasteiger partial charge in [-0.15, -0.1) is 0 Å². The van der Waals surface area contributed by atoms with Gasteiger partial charge in [-0.1, -0.05) is 0 Å². The molecule has 0 aliphatic heterocycles. The van der Waals surface area contributed by atoms with Gasteiger partial charge in [-0.2, -0.15) is 0 Å². The maximum atomic E-state index is 9.40. The van der Waals surface area contributed by atoms with E-state index in [1.54, 1.807) is 0 Å². The summed E-state index contributed by atoms with van der Waals surface area (Å²) < 4.78 is 0.795. The van der Waals surface area contributed by atoms with Gasteiger partial charge in [0.2, 0.25) is 0 Å². The van der Waals surface area contributed by atoms with E-state index in [1.807, 2.05) is 6.07 Å². The molecule has 0 atom stereocenters. The van der Waals surface area contributed by atoms with Crippen molar-refractivity contribution < 1.29 is 5.11 Å². The van der Waals surface area contributed by atoms with Crippen LogP contribution in [0.15, 0.2) is 17.0 Å². The van der Waals surface area contributed by atoms with Gasteiger partial charge in [0.25, 0.3) is 0 Å². The van der Waals surface area contributed by atoms with Crippen LogP contribution in [-0.4, -0.2) is 27.7 Å². The molecule has 88 valence electrons. The Bertz CT molecular complexity index is 340. The monoisotopic (exact) mass is 285 g/mol. The second-order valence-corrected chi connectivity index (χ2v) is 5.09. The van der Waals surface area contributed by atoms with Crippen LogP contribution in [0, 0.1) is 5.92 Å². The van der Waals surface area contributed by atoms with Gasteiger partial charge in [-0.3, -0.25) is 0 Å². The number of anilines is 1. The van der Waals surface area contributed by atoms with E-state index >= 15 is 0 Å². The third-order valence-electron chi connectivity index (χ3n) is 3.02. The Morgan fingerprint density at radius 1 is 1.31 bits per heavy atom. The first-order valence-electron chi connectivity index (χ1n) is 5.63. The van der Waals surface area contributed by atoms with E-state index in [9.17, 15) is 5.11 Å². The molecule has 4 nitrogen and oxygen atoms in total. The summed E-state index contributed by atoms with van der Waals surface area (Å²) in [5.41, 5.74) is 0. The van der Waals surface area contributed by atoms with Gasteiger partial charge in [0.15, 0.2) is 0 Å². The van der Waals surface area contributed by atoms with Gasteiger partial charge < -0.3 is 10.4 Å². The Hall–Kier alpha value is -0.680. The van der Waals surface area contributed by atoms with Crippen LogP contribution >= 0.6 is 15.9 Å². The second kappa shape index (κ2) is 5.59. The Balaban J connectivity index is 1.79. The number of hydrogen-bond acceptors (Lipinski definition) is 4. The average molecular weight is 286 g/mol. The first-order valence-corrected chi connectivity index (χ1v) is 6.43. The number of aromatic nitrogens is 2. The molecule has 5 heteroatoms. The maximum Gasteiger partial charge on any atom is 0.130 e. The summed E-state index contributed by atoms with van der Waals surface area (Å²) in [6.07, 6.45) is 5.52. The highest BCUT2D eigenvalue weighted by atomic mass is 79.9. The van der Waals surface area contributed by atoms with Crippen molar-refractivity contribution in [1.82, 2.24) is 9.97 Å². The normalized spacial score (nSPS) is 25.4. The Morgan fingerprint density at radius 2 is 2.06 bits per heavy atom. The standard InChI is InChI=1S/C11H16BrN3O/c12-10-5-11(15-7-14-10)13-6-8-1-3-9(16)4-2-8/h5,7-9,16H,1-4,6H2,(H,13,14,15). The summed E-state index contributed by atoms with van der Waals surface area (Å²) in [6, 6.07) is 1.87. The van der Waals surface area contributed by atoms with E-state index in [0.717, 1.165) is 42.6 Å². The fraction of sp³-hybridized carbons (Fsp3) is 0.636. The van der Waals surface area contributed by atoms with Crippen LogP contribution in [0.25, 0.3) is 0 Å². The van der Waals surface area contributed by atoms with Gasteiger partial charge in [0, 0.05) is 12.6 Å². The molecule has 0 saturated heterocycles. The van der Waals surface area contributed by atoms with Crippen LogP contribution in [0.2, 0.25) is 0 Å². The van der Waals surface area contributed by atoms with Crippen LogP contribution in [0.3, 0.4) is 0 Å². The first-order chi connectivity index (χ1) is 7.74. The fourth-order valence-corrected chi connectivity index (χ4v) is 2.34. The maximum absolute atomic E-state index is 9.40. The van der Waals surface area contributed by atoms with Crippen molar-refractivity contribution >= 4 is 21.7 Å². The summed E-state index contributed by atoms with van der Waals surface area (Å²) in [4.78, 5) is 8.11. The lowest BCUT2D eigenvalue weighted by molar-refractivity contribution is 0.111. The minimum Gasteiger partial charge on any atom is -0.393 e. The average Bonchev–Trinajstić information content (AvgIpc) is 2.28. The van der Waals surface area contributed by atoms with Crippen molar-refractivity contribution in [3.05, 3.63) is 17.0 Å². The van der Waals surface area contributed by atoms with Crippen molar-refractivity contribution in [3.8, 4) is 0 Å². The van der Waals surface area contributed by atoms with Gasteiger partial charge >= 0.3 is 0 Å². The predicted molar refractivity (Wildman–Crippen MR) is 66.2 cm³/mol. The van der Waals surface area contributed by atoms with Crippen LogP contribution < -0.4 is 5.32 Å². The topological polar surface area (TPSA) is 58.0 Å². The molecule has 1 aromatic heterocycles. The molecule has 0 unspecified atom stereocenters. The molecule has 16 heavy (non-hydrogen) atoms. The van der Waals surface area contributed by atoms with Crippen molar-refractivity contribution in [2.75, 3.05) is 11.9 Å². The number of halogens is 1. The second-order valence-electron chi connectivity index (χ2n) is 4.28. The lowest BCUT2D eigenvalue weighted by Crippen LogP contribution is -2.23. The van der Waals surface area contributed by atoms with Crippen molar-refractivity contribution in [3.63, 3.8) is 0 Å². The minimum absolute atomic E-state index is 0.0792. The third kappa shape index (κ3) is 3.42. The smallest absolute Gasteiger partial charge is 0.130 e. The van der Waals surface area contributed by atoms with Gasteiger partial charge in [-0.25, -0.2) is 9.97 Å². The van der Waals surface area contributed by atoms with E-state index in [4.69, 9.17) is 0 Å². The molecule has 0 amide bonds. The van der Waals surface area contributed by atoms with Crippen LogP contribution in [0.4, 0.5) is 5.82 Å². The zero-order chi connectivity index (χ0) is 11.4. The lowest BCUT2D eigenvalue weighted by atomic mass is 9.87. The summed E-state index contributed by atoms with van der Waals surface area (Å²) in [5, 5.41) is 12.7. The lowest BCUT2D eigenvalue weighted by Gasteiger charge is -2.25. The SMILES string of the molecule is OC1CCC(CNc2cc(Br)ncn2)CC1. The molecule has 0 bridgehead atoms. The van der Waals surface area contributed by atoms with Crippen LogP contribution in [0.1, 0.15) is 25.7 Å². The fourth-order valence-electron chi connectivity index (χ4n) is 2.03. The molecule has 1 aromatic rings. The summed E-state index contributed by atoms with van der Waals surface area (Å²) >= 11 is 3.31. The zero-order valence-corrected chi connectivity index (χ0v) is 10.7. The molecular weight excluding hydrogens is 270 g/mol. The van der Waals surface area contributed by atoms with E-state index < -0.39 is 0 Å². The predicted octanol–water partition coefficient (Wildman–Crippen LogP) is 2.20. The molecule has 2 rings (SSSR count). The molecule has 2 N–H and O–H groups in total. The zero-order valence-electron chi connectivity index (χ0n) is 9.06. The summed E-state index contributed by atoms with van der Waals surface area (Å²) in [7, 11) is 0. The van der Waals surface area contributed by atoms with E-state index in [1.165, 1.54) is 6.33 Å². The highest BCUT2D eigenvalue weighted by Crippen LogP contribution is 2.24. The largest absolute Gasteiger partial charge is 0.393 e. The van der Waals surface area contributed by atoms with Crippen molar-refractivity contribution in [2.24, 2.45) is 5.92 Å². The highest BCUT2D eigenvalue weighted by Gasteiger charge is 2.18. The number of rotatable bonds is 3. The van der Waals surface area contributed by atoms with Gasteiger partial charge in [0.1, 0.15) is 16.7 Å². The molecule has 0 radical (unpaired) electrons. The molecule has 1 aliphatic carbocycles. The third-order valence-corrected chi connectivity index (χ3v) is 3.46. The van der Waals surface area contributed by atoms with E-state index in [2.05, 4.69) is 31.2 Å². The number of hydrogen-bond donors (Lipinski definition) is 2. The van der Waals surface area contributed by atoms with Crippen LogP contribution in [0.5, 0.6) is 0 Å². The Labute approximate surface area is 104 Å². The molecule has 1 saturated carbocycles. The van der Waals surface area contributed by atoms with E-state index in [0.29, 0.717) is 5.92 Å². The van der Waals surface area contributed by atoms with Gasteiger partial charge in [-0.05, 0) is 47.5 Å².